The Morgan fingerprint density at radius 1 is 1.16 bits per heavy atom. The molecule has 1 fully saturated rings. The first-order chi connectivity index (χ1) is 17.4. The summed E-state index contributed by atoms with van der Waals surface area (Å²) in [5.41, 5.74) is -7.97. The molecular weight excluding hydrogens is 504 g/mol. The van der Waals surface area contributed by atoms with Crippen molar-refractivity contribution in [3.63, 3.8) is 0 Å². The number of carbonyl (C=O) groups is 4. The average molecular weight is 543 g/mol. The Labute approximate surface area is 220 Å². The number of aliphatic hydroxyl groups excluding tert-OH is 2. The minimum absolute atomic E-state index is 0.0470. The summed E-state index contributed by atoms with van der Waals surface area (Å²) in [6.45, 7) is 9.32. The van der Waals surface area contributed by atoms with Gasteiger partial charge in [0.15, 0.2) is 11.2 Å². The molecule has 5 N–H and O–H groups in total. The number of allylic oxidation sites excluding steroid dienone is 1. The fourth-order valence-electron chi connectivity index (χ4n) is 5.39. The molecule has 1 saturated carbocycles. The van der Waals surface area contributed by atoms with Gasteiger partial charge < -0.3 is 39.7 Å². The van der Waals surface area contributed by atoms with Crippen LogP contribution >= 0.6 is 0 Å². The highest BCUT2D eigenvalue weighted by Crippen LogP contribution is 2.53. The van der Waals surface area contributed by atoms with Crippen molar-refractivity contribution in [3.8, 4) is 0 Å². The van der Waals surface area contributed by atoms with Gasteiger partial charge in [-0.2, -0.15) is 0 Å². The Bertz CT molecular complexity index is 1040. The van der Waals surface area contributed by atoms with E-state index in [1.54, 1.807) is 13.8 Å². The maximum absolute atomic E-state index is 12.5. The molecular formula is C26H38O12. The molecule has 0 unspecified atom stereocenters. The Balaban J connectivity index is 2.87. The van der Waals surface area contributed by atoms with Gasteiger partial charge in [0.05, 0.1) is 5.92 Å². The first-order valence-electron chi connectivity index (χ1n) is 12.4. The predicted molar refractivity (Wildman–Crippen MR) is 130 cm³/mol. The maximum Gasteiger partial charge on any atom is 0.338 e. The second-order valence-corrected chi connectivity index (χ2v) is 10.3. The lowest BCUT2D eigenvalue weighted by Crippen LogP contribution is -2.70. The molecule has 38 heavy (non-hydrogen) atoms. The van der Waals surface area contributed by atoms with Crippen molar-refractivity contribution in [3.05, 3.63) is 22.8 Å². The molecule has 0 spiro atoms. The van der Waals surface area contributed by atoms with Crippen molar-refractivity contribution >= 4 is 23.9 Å². The van der Waals surface area contributed by atoms with Crippen LogP contribution in [0, 0.1) is 5.92 Å². The van der Waals surface area contributed by atoms with E-state index in [0.29, 0.717) is 6.42 Å². The molecule has 0 aromatic rings. The van der Waals surface area contributed by atoms with E-state index in [1.807, 2.05) is 0 Å². The molecule has 12 heteroatoms. The zero-order chi connectivity index (χ0) is 29.4. The minimum Gasteiger partial charge on any atom is -0.479 e. The molecule has 12 nitrogen and oxygen atoms in total. The zero-order valence-corrected chi connectivity index (χ0v) is 22.7. The molecule has 0 saturated heterocycles. The molecule has 0 aromatic heterocycles. The fraction of sp³-hybridized carbons (Fsp3) is 0.692. The average Bonchev–Trinajstić information content (AvgIpc) is 3.02. The lowest BCUT2D eigenvalue weighted by atomic mass is 9.73. The van der Waals surface area contributed by atoms with E-state index in [-0.39, 0.29) is 23.1 Å². The van der Waals surface area contributed by atoms with Crippen LogP contribution in [0.4, 0.5) is 0 Å². The van der Waals surface area contributed by atoms with Gasteiger partial charge >= 0.3 is 23.9 Å². The van der Waals surface area contributed by atoms with E-state index in [0.717, 1.165) is 13.8 Å². The van der Waals surface area contributed by atoms with Crippen molar-refractivity contribution in [2.24, 2.45) is 5.92 Å². The highest BCUT2D eigenvalue weighted by atomic mass is 16.6. The lowest BCUT2D eigenvalue weighted by Gasteiger charge is -2.45. The zero-order valence-electron chi connectivity index (χ0n) is 22.7. The van der Waals surface area contributed by atoms with Crippen molar-refractivity contribution in [2.45, 2.75) is 109 Å². The summed E-state index contributed by atoms with van der Waals surface area (Å²) in [6.07, 6.45) is -6.09. The first kappa shape index (κ1) is 31.4. The van der Waals surface area contributed by atoms with Crippen molar-refractivity contribution in [1.82, 2.24) is 0 Å². The highest BCUT2D eigenvalue weighted by molar-refractivity contribution is 5.88. The van der Waals surface area contributed by atoms with E-state index in [2.05, 4.69) is 0 Å². The third-order valence-electron chi connectivity index (χ3n) is 7.61. The van der Waals surface area contributed by atoms with Gasteiger partial charge in [-0.25, -0.2) is 9.59 Å². The number of rotatable bonds is 8. The number of esters is 3. The third kappa shape index (κ3) is 5.22. The van der Waals surface area contributed by atoms with Gasteiger partial charge in [0.2, 0.25) is 0 Å². The van der Waals surface area contributed by atoms with Gasteiger partial charge in [-0.15, -0.1) is 0 Å². The number of carbonyl (C=O) groups excluding carboxylic acids is 3. The summed E-state index contributed by atoms with van der Waals surface area (Å²) < 4.78 is 16.5. The molecule has 0 aliphatic heterocycles. The molecule has 0 bridgehead atoms. The van der Waals surface area contributed by atoms with Gasteiger partial charge in [0.25, 0.3) is 0 Å². The standard InChI is InChI=1S/C26H38O12/c1-8-10-16(28)36-15-11-24(6,38-14(5)27)18-17(21(30)26(15,35)25(7,34)23(32)33)13(4)20(19(18)29)37-22(31)12(3)9-2/h9,15,18-21,29-30,34-35H,8,10-11H2,1-7H3,(H,32,33)/b12-9-/t15-,18+,19-,20-,21-,24-,25+,26+/m0/s1. The number of hydrogen-bond acceptors (Lipinski definition) is 11. The molecule has 0 aromatic carbocycles. The normalized spacial score (nSPS) is 35.0. The SMILES string of the molecule is C/C=C(/C)C(=O)O[C@H]1C(C)=C2[C@H]([C@@H]1O)[C@@](C)(OC(C)=O)C[C@H](OC(=O)CCC)[C@](O)([C@](C)(O)C(=O)O)[C@H]2O. The first-order valence-corrected chi connectivity index (χ1v) is 12.4. The van der Waals surface area contributed by atoms with Crippen LogP contribution in [0.15, 0.2) is 22.8 Å². The summed E-state index contributed by atoms with van der Waals surface area (Å²) >= 11 is 0. The largest absolute Gasteiger partial charge is 0.479 e. The molecule has 8 atom stereocenters. The number of ether oxygens (including phenoxy) is 3. The Morgan fingerprint density at radius 2 is 1.74 bits per heavy atom. The van der Waals surface area contributed by atoms with E-state index in [9.17, 15) is 44.7 Å². The second-order valence-electron chi connectivity index (χ2n) is 10.3. The fourth-order valence-corrected chi connectivity index (χ4v) is 5.39. The summed E-state index contributed by atoms with van der Waals surface area (Å²) in [7, 11) is 0. The molecule has 2 rings (SSSR count). The Morgan fingerprint density at radius 3 is 2.21 bits per heavy atom. The smallest absolute Gasteiger partial charge is 0.338 e. The molecule has 0 amide bonds. The number of aliphatic hydroxyl groups is 4. The van der Waals surface area contributed by atoms with E-state index < -0.39 is 77.4 Å². The van der Waals surface area contributed by atoms with Crippen LogP contribution in [0.1, 0.15) is 67.7 Å². The molecule has 2 aliphatic rings. The monoisotopic (exact) mass is 542 g/mol. The topological polar surface area (TPSA) is 197 Å². The number of hydrogen-bond donors (Lipinski definition) is 5. The minimum atomic E-state index is -3.11. The number of carboxylic acids is 1. The van der Waals surface area contributed by atoms with Crippen LogP contribution < -0.4 is 0 Å². The quantitative estimate of drug-likeness (QED) is 0.124. The maximum atomic E-state index is 12.5. The van der Waals surface area contributed by atoms with Gasteiger partial charge in [-0.05, 0) is 52.2 Å². The van der Waals surface area contributed by atoms with Crippen molar-refractivity contribution in [1.29, 1.82) is 0 Å². The van der Waals surface area contributed by atoms with Crippen LogP contribution in [0.25, 0.3) is 0 Å². The molecule has 214 valence electrons. The molecule has 2 aliphatic carbocycles. The summed E-state index contributed by atoms with van der Waals surface area (Å²) in [5, 5.41) is 55.7. The Kier molecular flexibility index (Phi) is 9.20. The second kappa shape index (κ2) is 11.1. The van der Waals surface area contributed by atoms with Crippen molar-refractivity contribution in [2.75, 3.05) is 0 Å². The Hall–Kier alpha value is -2.80. The van der Waals surface area contributed by atoms with Crippen LogP contribution in [0.3, 0.4) is 0 Å². The summed E-state index contributed by atoms with van der Waals surface area (Å²) in [6, 6.07) is 0. The van der Waals surface area contributed by atoms with Gasteiger partial charge in [0, 0.05) is 25.3 Å². The molecule has 0 heterocycles. The van der Waals surface area contributed by atoms with E-state index in [4.69, 9.17) is 14.2 Å². The van der Waals surface area contributed by atoms with Crippen LogP contribution in [-0.4, -0.2) is 90.6 Å². The van der Waals surface area contributed by atoms with E-state index >= 15 is 0 Å². The van der Waals surface area contributed by atoms with Gasteiger partial charge in [0.1, 0.15) is 30.0 Å². The third-order valence-corrected chi connectivity index (χ3v) is 7.61. The number of aliphatic carboxylic acids is 1. The number of fused-ring (bicyclic) bond motifs is 1. The summed E-state index contributed by atoms with van der Waals surface area (Å²) in [4.78, 5) is 49.4. The predicted octanol–water partition coefficient (Wildman–Crippen LogP) is 0.537. The number of carboxylic acid groups (broad SMARTS) is 1. The highest BCUT2D eigenvalue weighted by Gasteiger charge is 2.70. The van der Waals surface area contributed by atoms with Crippen molar-refractivity contribution < 1.29 is 58.9 Å². The molecule has 0 radical (unpaired) electrons. The van der Waals surface area contributed by atoms with Gasteiger partial charge in [-0.1, -0.05) is 13.0 Å². The van der Waals surface area contributed by atoms with Crippen LogP contribution in [-0.2, 0) is 33.4 Å². The van der Waals surface area contributed by atoms with E-state index in [1.165, 1.54) is 26.8 Å². The lowest BCUT2D eigenvalue weighted by molar-refractivity contribution is -0.247. The summed E-state index contributed by atoms with van der Waals surface area (Å²) in [5.74, 6) is -5.76. The van der Waals surface area contributed by atoms with Crippen LogP contribution in [0.5, 0.6) is 0 Å². The van der Waals surface area contributed by atoms with Gasteiger partial charge in [-0.3, -0.25) is 9.59 Å². The van der Waals surface area contributed by atoms with Crippen LogP contribution in [0.2, 0.25) is 0 Å².